The number of benzene rings is 1. The molecule has 2 aliphatic rings. The lowest BCUT2D eigenvalue weighted by Gasteiger charge is -2.32. The Bertz CT molecular complexity index is 1080. The Morgan fingerprint density at radius 2 is 2.21 bits per heavy atom. The highest BCUT2D eigenvalue weighted by Crippen LogP contribution is 2.55. The van der Waals surface area contributed by atoms with E-state index in [1.807, 2.05) is 13.0 Å². The Morgan fingerprint density at radius 1 is 1.46 bits per heavy atom. The number of hydrogen-bond donors (Lipinski definition) is 2. The molecule has 2 aliphatic heterocycles. The smallest absolute Gasteiger partial charge is 0.248 e. The number of nitrogens with two attached hydrogens (primary N) is 1. The largest absolute Gasteiger partial charge is 0.548 e. The zero-order valence-corrected chi connectivity index (χ0v) is 15.0. The maximum Gasteiger partial charge on any atom is 0.248 e. The molecule has 1 unspecified atom stereocenters. The number of aromatic nitrogens is 2. The lowest BCUT2D eigenvalue weighted by Crippen LogP contribution is -2.48. The first kappa shape index (κ1) is 17.6. The van der Waals surface area contributed by atoms with Gasteiger partial charge in [0.15, 0.2) is 0 Å². The summed E-state index contributed by atoms with van der Waals surface area (Å²) in [5.41, 5.74) is 6.17. The van der Waals surface area contributed by atoms with Crippen molar-refractivity contribution < 1.29 is 19.4 Å². The van der Waals surface area contributed by atoms with E-state index in [1.165, 1.54) is 0 Å². The molecule has 0 saturated carbocycles. The highest BCUT2D eigenvalue weighted by atomic mass is 16.5. The molecule has 1 spiro atoms. The number of H-pyrrole nitrogens is 1. The van der Waals surface area contributed by atoms with Crippen LogP contribution in [-0.4, -0.2) is 28.6 Å². The molecular weight excluding hydrogens is 362 g/mol. The van der Waals surface area contributed by atoms with Gasteiger partial charge in [-0.15, -0.1) is 5.10 Å². The summed E-state index contributed by atoms with van der Waals surface area (Å²) in [4.78, 5) is 26.1. The van der Waals surface area contributed by atoms with Crippen molar-refractivity contribution in [2.45, 2.75) is 25.2 Å². The van der Waals surface area contributed by atoms with Crippen molar-refractivity contribution >= 4 is 17.6 Å². The second kappa shape index (κ2) is 6.13. The first-order chi connectivity index (χ1) is 13.5. The highest BCUT2D eigenvalue weighted by molar-refractivity contribution is 6.15. The van der Waals surface area contributed by atoms with E-state index in [9.17, 15) is 20.0 Å². The molecule has 0 fully saturated rings. The van der Waals surface area contributed by atoms with E-state index in [0.29, 0.717) is 28.9 Å². The number of ether oxygens (including phenoxy) is 1. The van der Waals surface area contributed by atoms with Gasteiger partial charge in [-0.25, -0.2) is 0 Å². The van der Waals surface area contributed by atoms with Crippen LogP contribution in [0.15, 0.2) is 35.7 Å². The van der Waals surface area contributed by atoms with Crippen LogP contribution in [0.1, 0.15) is 30.2 Å². The predicted octanol–water partition coefficient (Wildman–Crippen LogP) is -0.169. The lowest BCUT2D eigenvalue weighted by atomic mass is 9.68. The number of carbonyl (C=O) groups excluding carboxylic acids is 2. The first-order valence-electron chi connectivity index (χ1n) is 8.74. The molecule has 1 aromatic carbocycles. The number of nitrogens with one attached hydrogen (secondary N) is 1. The summed E-state index contributed by atoms with van der Waals surface area (Å²) in [5, 5.41) is 28.2. The van der Waals surface area contributed by atoms with Gasteiger partial charge in [-0.05, 0) is 12.5 Å². The third kappa shape index (κ3) is 2.08. The molecule has 0 aliphatic carbocycles. The number of aryl methyl sites for hydroxylation is 1. The van der Waals surface area contributed by atoms with Crippen LogP contribution in [0.4, 0.5) is 5.69 Å². The molecule has 0 bridgehead atoms. The van der Waals surface area contributed by atoms with E-state index < -0.39 is 23.8 Å². The standard InChI is InChI=1S/C19H17N5O4/c1-2-5-12-15-17(23-22-12)28-16(21)11(8-20)19(15)10-6-3-4-7-13(10)24(18(19)27)9-14(25)26/h3-4,6-7H,2,5,9,21H2,1H3,(H,22,23)(H,25,26)/p-1. The second-order valence-electron chi connectivity index (χ2n) is 6.62. The number of carbonyl (C=O) groups is 2. The molecule has 3 heterocycles. The first-order valence-corrected chi connectivity index (χ1v) is 8.74. The average Bonchev–Trinajstić information content (AvgIpc) is 3.16. The summed E-state index contributed by atoms with van der Waals surface area (Å²) in [6.07, 6.45) is 1.31. The normalized spacial score (nSPS) is 20.0. The molecule has 1 amide bonds. The number of nitriles is 1. The summed E-state index contributed by atoms with van der Waals surface area (Å²) >= 11 is 0. The fraction of sp³-hybridized carbons (Fsp3) is 0.263. The second-order valence-corrected chi connectivity index (χ2v) is 6.62. The van der Waals surface area contributed by atoms with Crippen molar-refractivity contribution in [1.29, 1.82) is 5.26 Å². The zero-order chi connectivity index (χ0) is 20.1. The summed E-state index contributed by atoms with van der Waals surface area (Å²) < 4.78 is 5.52. The van der Waals surface area contributed by atoms with Crippen LogP contribution in [0.3, 0.4) is 0 Å². The Hall–Kier alpha value is -3.80. The van der Waals surface area contributed by atoms with Gasteiger partial charge < -0.3 is 25.3 Å². The minimum atomic E-state index is -1.62. The Morgan fingerprint density at radius 3 is 2.89 bits per heavy atom. The molecule has 1 atom stereocenters. The fourth-order valence-electron chi connectivity index (χ4n) is 4.08. The van der Waals surface area contributed by atoms with Crippen LogP contribution in [0, 0.1) is 11.3 Å². The lowest BCUT2D eigenvalue weighted by molar-refractivity contribution is -0.303. The van der Waals surface area contributed by atoms with Gasteiger partial charge in [-0.1, -0.05) is 31.5 Å². The molecule has 2 aromatic rings. The van der Waals surface area contributed by atoms with Crippen LogP contribution in [-0.2, 0) is 21.4 Å². The quantitative estimate of drug-likeness (QED) is 0.750. The topological polar surface area (TPSA) is 148 Å². The van der Waals surface area contributed by atoms with Crippen LogP contribution in [0.2, 0.25) is 0 Å². The molecule has 0 radical (unpaired) electrons. The molecule has 0 saturated heterocycles. The number of hydrogen-bond acceptors (Lipinski definition) is 7. The Kier molecular flexibility index (Phi) is 3.85. The highest BCUT2D eigenvalue weighted by Gasteiger charge is 2.60. The van der Waals surface area contributed by atoms with E-state index in [-0.39, 0.29) is 17.3 Å². The SMILES string of the molecule is CCCc1[nH]nc2c1C1(C(=O)N(CC(=O)[O-])c3ccccc31)C(C#N)=C(N)O2. The number of aromatic amines is 1. The van der Waals surface area contributed by atoms with Gasteiger partial charge in [0.1, 0.15) is 17.1 Å². The van der Waals surface area contributed by atoms with Gasteiger partial charge in [-0.2, -0.15) is 5.26 Å². The maximum absolute atomic E-state index is 13.7. The summed E-state index contributed by atoms with van der Waals surface area (Å²) in [7, 11) is 0. The number of amides is 1. The summed E-state index contributed by atoms with van der Waals surface area (Å²) in [5.74, 6) is -2.13. The van der Waals surface area contributed by atoms with Crippen LogP contribution >= 0.6 is 0 Å². The van der Waals surface area contributed by atoms with Crippen LogP contribution in [0.5, 0.6) is 5.88 Å². The van der Waals surface area contributed by atoms with Crippen molar-refractivity contribution in [3.63, 3.8) is 0 Å². The van der Waals surface area contributed by atoms with E-state index >= 15 is 0 Å². The van der Waals surface area contributed by atoms with Crippen LogP contribution in [0.25, 0.3) is 0 Å². The fourth-order valence-corrected chi connectivity index (χ4v) is 4.08. The molecule has 4 rings (SSSR count). The third-order valence-electron chi connectivity index (χ3n) is 5.07. The Balaban J connectivity index is 2.10. The van der Waals surface area contributed by atoms with Gasteiger partial charge in [0.25, 0.3) is 0 Å². The number of nitrogens with zero attached hydrogens (tertiary/aromatic N) is 3. The zero-order valence-electron chi connectivity index (χ0n) is 15.0. The van der Waals surface area contributed by atoms with Crippen molar-refractivity contribution in [1.82, 2.24) is 10.2 Å². The van der Waals surface area contributed by atoms with Crippen molar-refractivity contribution in [3.8, 4) is 11.9 Å². The number of fused-ring (bicyclic) bond motifs is 4. The minimum Gasteiger partial charge on any atom is -0.548 e. The van der Waals surface area contributed by atoms with Gasteiger partial charge >= 0.3 is 0 Å². The van der Waals surface area contributed by atoms with Crippen LogP contribution < -0.4 is 20.5 Å². The average molecular weight is 378 g/mol. The Labute approximate surface area is 160 Å². The number of aliphatic carboxylic acids is 1. The van der Waals surface area contributed by atoms with Gasteiger partial charge in [0.2, 0.25) is 17.7 Å². The van der Waals surface area contributed by atoms with E-state index in [0.717, 1.165) is 11.3 Å². The van der Waals surface area contributed by atoms with Crippen molar-refractivity contribution in [3.05, 3.63) is 52.5 Å². The molecule has 3 N–H and O–H groups in total. The maximum atomic E-state index is 13.7. The number of carboxylic acid groups (broad SMARTS) is 1. The minimum absolute atomic E-state index is 0.0861. The van der Waals surface area contributed by atoms with Gasteiger partial charge in [-0.3, -0.25) is 9.89 Å². The summed E-state index contributed by atoms with van der Waals surface area (Å²) in [6, 6.07) is 8.73. The summed E-state index contributed by atoms with van der Waals surface area (Å²) in [6.45, 7) is 1.32. The van der Waals surface area contributed by atoms with E-state index in [2.05, 4.69) is 10.2 Å². The number of carboxylic acids is 1. The van der Waals surface area contributed by atoms with E-state index in [4.69, 9.17) is 10.5 Å². The molecule has 9 heteroatoms. The van der Waals surface area contributed by atoms with Gasteiger partial charge in [0, 0.05) is 16.9 Å². The molecule has 28 heavy (non-hydrogen) atoms. The molecule has 9 nitrogen and oxygen atoms in total. The van der Waals surface area contributed by atoms with Crippen molar-refractivity contribution in [2.75, 3.05) is 11.4 Å². The molecular formula is C19H16N5O4-. The monoisotopic (exact) mass is 378 g/mol. The van der Waals surface area contributed by atoms with Crippen molar-refractivity contribution in [2.24, 2.45) is 5.73 Å². The molecule has 142 valence electrons. The third-order valence-corrected chi connectivity index (χ3v) is 5.07. The number of rotatable bonds is 4. The predicted molar refractivity (Wildman–Crippen MR) is 94.6 cm³/mol. The van der Waals surface area contributed by atoms with Gasteiger partial charge in [0.05, 0.1) is 18.1 Å². The van der Waals surface area contributed by atoms with E-state index in [1.54, 1.807) is 24.3 Å². The number of para-hydroxylation sites is 1. The number of anilines is 1. The molecule has 1 aromatic heterocycles.